The molecule has 4 atom stereocenters. The molecule has 10 nitrogen and oxygen atoms in total. The van der Waals surface area contributed by atoms with Gasteiger partial charge in [-0.1, -0.05) is 19.3 Å². The largest absolute Gasteiger partial charge is 0.463 e. The highest BCUT2D eigenvalue weighted by Crippen LogP contribution is 2.32. The SMILES string of the molecule is Nc1nc(OCC2CCCCC2)nc2c1ncn2[C@@H]1O[C@H](CO)[C@@H](O)[C@H]1O. The first-order chi connectivity index (χ1) is 13.1. The Morgan fingerprint density at radius 2 is 1.96 bits per heavy atom. The molecule has 1 aliphatic heterocycles. The summed E-state index contributed by atoms with van der Waals surface area (Å²) >= 11 is 0. The fraction of sp³-hybridized carbons (Fsp3) is 0.706. The van der Waals surface area contributed by atoms with Crippen LogP contribution in [0.25, 0.3) is 11.2 Å². The molecule has 148 valence electrons. The zero-order valence-corrected chi connectivity index (χ0v) is 14.9. The van der Waals surface area contributed by atoms with Gasteiger partial charge in [0.15, 0.2) is 23.2 Å². The third-order valence-corrected chi connectivity index (χ3v) is 5.39. The molecule has 0 spiro atoms. The Morgan fingerprint density at radius 1 is 1.19 bits per heavy atom. The van der Waals surface area contributed by atoms with E-state index in [1.54, 1.807) is 0 Å². The first kappa shape index (κ1) is 18.4. The number of fused-ring (bicyclic) bond motifs is 1. The number of imidazole rings is 1. The van der Waals surface area contributed by atoms with Gasteiger partial charge in [0.25, 0.3) is 0 Å². The molecule has 3 heterocycles. The van der Waals surface area contributed by atoms with Crippen LogP contribution < -0.4 is 10.5 Å². The predicted molar refractivity (Wildman–Crippen MR) is 94.8 cm³/mol. The highest BCUT2D eigenvalue weighted by Gasteiger charge is 2.44. The van der Waals surface area contributed by atoms with E-state index < -0.39 is 31.1 Å². The van der Waals surface area contributed by atoms with Gasteiger partial charge in [-0.2, -0.15) is 9.97 Å². The van der Waals surface area contributed by atoms with Gasteiger partial charge >= 0.3 is 6.01 Å². The van der Waals surface area contributed by atoms with Crippen molar-refractivity contribution in [1.82, 2.24) is 19.5 Å². The van der Waals surface area contributed by atoms with E-state index in [1.807, 2.05) is 0 Å². The molecule has 10 heteroatoms. The molecule has 2 aliphatic rings. The second kappa shape index (κ2) is 7.55. The quantitative estimate of drug-likeness (QED) is 0.562. The fourth-order valence-corrected chi connectivity index (χ4v) is 3.82. The van der Waals surface area contributed by atoms with Crippen LogP contribution in [0.4, 0.5) is 5.82 Å². The average Bonchev–Trinajstić information content (AvgIpc) is 3.23. The van der Waals surface area contributed by atoms with E-state index in [0.29, 0.717) is 23.7 Å². The number of aliphatic hydroxyl groups excluding tert-OH is 3. The van der Waals surface area contributed by atoms with Gasteiger partial charge in [0.2, 0.25) is 0 Å². The second-order valence-electron chi connectivity index (χ2n) is 7.26. The molecule has 1 saturated heterocycles. The first-order valence-electron chi connectivity index (χ1n) is 9.33. The molecule has 4 rings (SSSR count). The Bertz CT molecular complexity index is 793. The van der Waals surface area contributed by atoms with Crippen LogP contribution in [0.2, 0.25) is 0 Å². The van der Waals surface area contributed by atoms with Gasteiger partial charge in [-0.05, 0) is 18.8 Å². The number of aliphatic hydroxyl groups is 3. The number of nitrogen functional groups attached to an aromatic ring is 1. The van der Waals surface area contributed by atoms with Crippen LogP contribution in [0.15, 0.2) is 6.33 Å². The van der Waals surface area contributed by atoms with Crippen LogP contribution in [0, 0.1) is 5.92 Å². The van der Waals surface area contributed by atoms with E-state index >= 15 is 0 Å². The minimum atomic E-state index is -1.23. The van der Waals surface area contributed by atoms with Crippen molar-refractivity contribution in [3.05, 3.63) is 6.33 Å². The third-order valence-electron chi connectivity index (χ3n) is 5.39. The Kier molecular flexibility index (Phi) is 5.13. The van der Waals surface area contributed by atoms with Crippen molar-refractivity contribution >= 4 is 17.0 Å². The molecule has 1 saturated carbocycles. The number of ether oxygens (including phenoxy) is 2. The summed E-state index contributed by atoms with van der Waals surface area (Å²) in [6.45, 7) is 0.126. The second-order valence-corrected chi connectivity index (χ2v) is 7.26. The molecule has 2 fully saturated rings. The van der Waals surface area contributed by atoms with E-state index in [-0.39, 0.29) is 11.8 Å². The number of hydrogen-bond donors (Lipinski definition) is 4. The average molecular weight is 379 g/mol. The molecule has 2 aromatic rings. The number of hydrogen-bond acceptors (Lipinski definition) is 9. The maximum absolute atomic E-state index is 10.3. The van der Waals surface area contributed by atoms with Gasteiger partial charge in [0, 0.05) is 0 Å². The molecule has 0 radical (unpaired) electrons. The third kappa shape index (κ3) is 3.45. The van der Waals surface area contributed by atoms with Gasteiger partial charge in [-0.25, -0.2) is 4.98 Å². The first-order valence-corrected chi connectivity index (χ1v) is 9.33. The Hall–Kier alpha value is -2.01. The molecular formula is C17H25N5O5. The summed E-state index contributed by atoms with van der Waals surface area (Å²) in [5.41, 5.74) is 6.70. The number of anilines is 1. The van der Waals surface area contributed by atoms with Gasteiger partial charge in [0.1, 0.15) is 18.3 Å². The van der Waals surface area contributed by atoms with E-state index in [0.717, 1.165) is 12.8 Å². The smallest absolute Gasteiger partial charge is 0.320 e. The summed E-state index contributed by atoms with van der Waals surface area (Å²) < 4.78 is 12.8. The van der Waals surface area contributed by atoms with Crippen molar-refractivity contribution in [3.63, 3.8) is 0 Å². The summed E-state index contributed by atoms with van der Waals surface area (Å²) in [6.07, 6.45) is 3.13. The van der Waals surface area contributed by atoms with Crippen molar-refractivity contribution in [2.24, 2.45) is 5.92 Å². The van der Waals surface area contributed by atoms with Crippen molar-refractivity contribution < 1.29 is 24.8 Å². The monoisotopic (exact) mass is 379 g/mol. The lowest BCUT2D eigenvalue weighted by molar-refractivity contribution is -0.0511. The molecule has 2 aromatic heterocycles. The van der Waals surface area contributed by atoms with Gasteiger partial charge in [-0.15, -0.1) is 0 Å². The molecular weight excluding hydrogens is 354 g/mol. The number of rotatable bonds is 5. The lowest BCUT2D eigenvalue weighted by atomic mass is 9.90. The molecule has 0 aromatic carbocycles. The van der Waals surface area contributed by atoms with Crippen LogP contribution in [0.3, 0.4) is 0 Å². The van der Waals surface area contributed by atoms with E-state index in [1.165, 1.54) is 30.2 Å². The van der Waals surface area contributed by atoms with Crippen LogP contribution in [-0.2, 0) is 4.74 Å². The molecule has 0 unspecified atom stereocenters. The van der Waals surface area contributed by atoms with Crippen molar-refractivity contribution in [1.29, 1.82) is 0 Å². The Labute approximate surface area is 156 Å². The zero-order valence-electron chi connectivity index (χ0n) is 14.9. The number of nitrogens with two attached hydrogens (primary N) is 1. The topological polar surface area (TPSA) is 149 Å². The molecule has 1 aliphatic carbocycles. The highest BCUT2D eigenvalue weighted by atomic mass is 16.6. The number of aromatic nitrogens is 4. The highest BCUT2D eigenvalue weighted by molar-refractivity contribution is 5.82. The van der Waals surface area contributed by atoms with E-state index in [9.17, 15) is 15.3 Å². The summed E-state index contributed by atoms with van der Waals surface area (Å²) in [4.78, 5) is 12.7. The van der Waals surface area contributed by atoms with Gasteiger partial charge in [-0.3, -0.25) is 4.57 Å². The minimum Gasteiger partial charge on any atom is -0.463 e. The van der Waals surface area contributed by atoms with E-state index in [4.69, 9.17) is 15.2 Å². The van der Waals surface area contributed by atoms with Crippen LogP contribution in [-0.4, -0.2) is 66.4 Å². The lowest BCUT2D eigenvalue weighted by Crippen LogP contribution is -2.33. The summed E-state index contributed by atoms with van der Waals surface area (Å²) in [5, 5.41) is 29.5. The van der Waals surface area contributed by atoms with E-state index in [2.05, 4.69) is 15.0 Å². The van der Waals surface area contributed by atoms with Crippen LogP contribution >= 0.6 is 0 Å². The normalized spacial score (nSPS) is 29.4. The van der Waals surface area contributed by atoms with Crippen LogP contribution in [0.5, 0.6) is 6.01 Å². The van der Waals surface area contributed by atoms with Gasteiger partial charge in [0.05, 0.1) is 19.5 Å². The van der Waals surface area contributed by atoms with Crippen molar-refractivity contribution in [2.45, 2.75) is 56.6 Å². The number of nitrogens with zero attached hydrogens (tertiary/aromatic N) is 4. The zero-order chi connectivity index (χ0) is 19.0. The maximum Gasteiger partial charge on any atom is 0.320 e. The van der Waals surface area contributed by atoms with Crippen molar-refractivity contribution in [3.8, 4) is 6.01 Å². The standard InChI is InChI=1S/C17H25N5O5/c18-14-11-15(21-17(20-14)26-7-9-4-2-1-3-5-9)22(8-19-11)16-13(25)12(24)10(6-23)27-16/h8-10,12-13,16,23-25H,1-7H2,(H2,18,20,21)/t10-,12-,13-,16-/m1/s1. The molecule has 0 bridgehead atoms. The van der Waals surface area contributed by atoms with Crippen LogP contribution in [0.1, 0.15) is 38.3 Å². The molecule has 0 amide bonds. The summed E-state index contributed by atoms with van der Waals surface area (Å²) in [6, 6.07) is 0.152. The lowest BCUT2D eigenvalue weighted by Gasteiger charge is -2.21. The Balaban J connectivity index is 1.58. The molecule has 27 heavy (non-hydrogen) atoms. The molecule has 5 N–H and O–H groups in total. The fourth-order valence-electron chi connectivity index (χ4n) is 3.82. The maximum atomic E-state index is 10.3. The minimum absolute atomic E-state index is 0.152. The van der Waals surface area contributed by atoms with Gasteiger partial charge < -0.3 is 30.5 Å². The van der Waals surface area contributed by atoms with Crippen molar-refractivity contribution in [2.75, 3.05) is 18.9 Å². The summed E-state index contributed by atoms with van der Waals surface area (Å²) in [7, 11) is 0. The summed E-state index contributed by atoms with van der Waals surface area (Å²) in [5.74, 6) is 0.661. The predicted octanol–water partition coefficient (Wildman–Crippen LogP) is -0.0209. The Morgan fingerprint density at radius 3 is 2.67 bits per heavy atom.